The number of carbonyl (C=O) groups excluding carboxylic acids is 3. The highest BCUT2D eigenvalue weighted by molar-refractivity contribution is 5.97. The fourth-order valence-electron chi connectivity index (χ4n) is 4.90. The Hall–Kier alpha value is -4.00. The standard InChI is InChI=1S/C26H28F3N5O5/c27-26(28,29)17-2-1-3-19(12-17)33-10-8-32(9-11-33)15-24(36)34-7-6-30-25(37)20(34)14-23(35)31-18-4-5-21-22(13-18)39-16-38-21/h1-5,12-13,20H,6-11,14-16H2,(H,30,37)(H,31,35)/t20-/m1/s1. The number of rotatable bonds is 6. The van der Waals surface area contributed by atoms with E-state index in [0.717, 1.165) is 12.1 Å². The molecule has 5 rings (SSSR count). The number of hydrogen-bond donors (Lipinski definition) is 2. The Morgan fingerprint density at radius 2 is 1.77 bits per heavy atom. The summed E-state index contributed by atoms with van der Waals surface area (Å²) < 4.78 is 49.8. The lowest BCUT2D eigenvalue weighted by atomic mass is 10.1. The molecule has 3 heterocycles. The van der Waals surface area contributed by atoms with Gasteiger partial charge in [0, 0.05) is 56.7 Å². The molecule has 2 N–H and O–H groups in total. The number of alkyl halides is 3. The van der Waals surface area contributed by atoms with Crippen LogP contribution in [0.25, 0.3) is 0 Å². The van der Waals surface area contributed by atoms with Gasteiger partial charge in [0.1, 0.15) is 6.04 Å². The summed E-state index contributed by atoms with van der Waals surface area (Å²) in [6.45, 7) is 2.56. The summed E-state index contributed by atoms with van der Waals surface area (Å²) in [6.07, 6.45) is -4.63. The molecule has 0 radical (unpaired) electrons. The van der Waals surface area contributed by atoms with Crippen LogP contribution in [0, 0.1) is 0 Å². The van der Waals surface area contributed by atoms with Crippen LogP contribution in [0.2, 0.25) is 0 Å². The van der Waals surface area contributed by atoms with E-state index < -0.39 is 29.6 Å². The van der Waals surface area contributed by atoms with Gasteiger partial charge in [-0.15, -0.1) is 0 Å². The maximum atomic E-state index is 13.2. The number of nitrogens with one attached hydrogen (secondary N) is 2. The summed E-state index contributed by atoms with van der Waals surface area (Å²) in [6, 6.07) is 9.21. The van der Waals surface area contributed by atoms with E-state index in [-0.39, 0.29) is 38.8 Å². The third-order valence-electron chi connectivity index (χ3n) is 6.96. The highest BCUT2D eigenvalue weighted by atomic mass is 19.4. The third kappa shape index (κ3) is 6.19. The van der Waals surface area contributed by atoms with Gasteiger partial charge in [0.25, 0.3) is 0 Å². The quantitative estimate of drug-likeness (QED) is 0.570. The molecule has 3 aliphatic heterocycles. The minimum atomic E-state index is -4.41. The molecule has 0 spiro atoms. The predicted molar refractivity (Wildman–Crippen MR) is 134 cm³/mol. The lowest BCUT2D eigenvalue weighted by molar-refractivity contribution is -0.145. The van der Waals surface area contributed by atoms with Crippen LogP contribution in [-0.2, 0) is 20.6 Å². The molecule has 3 amide bonds. The van der Waals surface area contributed by atoms with Gasteiger partial charge >= 0.3 is 6.18 Å². The van der Waals surface area contributed by atoms with E-state index in [1.165, 1.54) is 11.0 Å². The maximum absolute atomic E-state index is 13.2. The van der Waals surface area contributed by atoms with Crippen molar-refractivity contribution in [3.05, 3.63) is 48.0 Å². The van der Waals surface area contributed by atoms with Crippen molar-refractivity contribution in [1.82, 2.24) is 15.1 Å². The van der Waals surface area contributed by atoms with Crippen molar-refractivity contribution >= 4 is 29.1 Å². The van der Waals surface area contributed by atoms with Crippen molar-refractivity contribution in [3.63, 3.8) is 0 Å². The van der Waals surface area contributed by atoms with Crippen LogP contribution >= 0.6 is 0 Å². The van der Waals surface area contributed by atoms with Gasteiger partial charge < -0.3 is 29.9 Å². The first-order valence-corrected chi connectivity index (χ1v) is 12.6. The first kappa shape index (κ1) is 26.6. The van der Waals surface area contributed by atoms with E-state index in [2.05, 4.69) is 10.6 Å². The minimum Gasteiger partial charge on any atom is -0.454 e. The van der Waals surface area contributed by atoms with Crippen LogP contribution in [0.4, 0.5) is 24.5 Å². The number of carbonyl (C=O) groups is 3. The number of benzene rings is 2. The van der Waals surface area contributed by atoms with Crippen LogP contribution in [0.15, 0.2) is 42.5 Å². The zero-order chi connectivity index (χ0) is 27.6. The fourth-order valence-corrected chi connectivity index (χ4v) is 4.90. The molecule has 2 aromatic rings. The summed E-state index contributed by atoms with van der Waals surface area (Å²) >= 11 is 0. The Labute approximate surface area is 222 Å². The largest absolute Gasteiger partial charge is 0.454 e. The van der Waals surface area contributed by atoms with E-state index in [1.807, 2.05) is 9.80 Å². The number of ether oxygens (including phenoxy) is 2. The Morgan fingerprint density at radius 1 is 1.00 bits per heavy atom. The van der Waals surface area contributed by atoms with Gasteiger partial charge in [0.2, 0.25) is 24.5 Å². The molecule has 0 unspecified atom stereocenters. The van der Waals surface area contributed by atoms with Crippen molar-refractivity contribution in [2.45, 2.75) is 18.6 Å². The summed E-state index contributed by atoms with van der Waals surface area (Å²) in [5, 5.41) is 5.45. The molecule has 3 aliphatic rings. The van der Waals surface area contributed by atoms with Gasteiger partial charge in [-0.05, 0) is 30.3 Å². The van der Waals surface area contributed by atoms with E-state index in [1.54, 1.807) is 24.3 Å². The Morgan fingerprint density at radius 3 is 2.54 bits per heavy atom. The van der Waals surface area contributed by atoms with Crippen molar-refractivity contribution in [2.75, 3.05) is 62.8 Å². The van der Waals surface area contributed by atoms with Gasteiger partial charge in [-0.25, -0.2) is 0 Å². The molecule has 13 heteroatoms. The van der Waals surface area contributed by atoms with Gasteiger partial charge in [-0.2, -0.15) is 13.2 Å². The number of fused-ring (bicyclic) bond motifs is 1. The molecule has 39 heavy (non-hydrogen) atoms. The average Bonchev–Trinajstić information content (AvgIpc) is 3.38. The van der Waals surface area contributed by atoms with Crippen molar-refractivity contribution in [1.29, 1.82) is 0 Å². The van der Waals surface area contributed by atoms with Gasteiger partial charge in [0.15, 0.2) is 11.5 Å². The molecule has 0 saturated carbocycles. The molecule has 2 aromatic carbocycles. The van der Waals surface area contributed by atoms with Crippen LogP contribution < -0.4 is 25.0 Å². The lowest BCUT2D eigenvalue weighted by Gasteiger charge is -2.39. The summed E-state index contributed by atoms with van der Waals surface area (Å²) in [4.78, 5) is 43.8. The molecule has 208 valence electrons. The van der Waals surface area contributed by atoms with Crippen LogP contribution in [0.3, 0.4) is 0 Å². The molecular formula is C26H28F3N5O5. The van der Waals surface area contributed by atoms with Crippen LogP contribution in [0.5, 0.6) is 11.5 Å². The Kier molecular flexibility index (Phi) is 7.51. The van der Waals surface area contributed by atoms with Crippen molar-refractivity contribution in [3.8, 4) is 11.5 Å². The zero-order valence-electron chi connectivity index (χ0n) is 21.0. The first-order valence-electron chi connectivity index (χ1n) is 12.6. The lowest BCUT2D eigenvalue weighted by Crippen LogP contribution is -2.60. The normalized spacial score (nSPS) is 19.6. The Bertz CT molecular complexity index is 1250. The van der Waals surface area contributed by atoms with E-state index in [4.69, 9.17) is 9.47 Å². The number of piperazine rings is 2. The molecular weight excluding hydrogens is 519 g/mol. The van der Waals surface area contributed by atoms with Crippen molar-refractivity contribution < 1.29 is 37.0 Å². The monoisotopic (exact) mass is 547 g/mol. The smallest absolute Gasteiger partial charge is 0.416 e. The third-order valence-corrected chi connectivity index (χ3v) is 6.96. The average molecular weight is 548 g/mol. The second-order valence-electron chi connectivity index (χ2n) is 9.53. The number of anilines is 2. The van der Waals surface area contributed by atoms with Gasteiger partial charge in [0.05, 0.1) is 18.5 Å². The van der Waals surface area contributed by atoms with E-state index in [0.29, 0.717) is 49.1 Å². The SMILES string of the molecule is O=C(C[C@@H]1C(=O)NCCN1C(=O)CN1CCN(c2cccc(C(F)(F)F)c2)CC1)Nc1ccc2c(c1)OCO2. The zero-order valence-corrected chi connectivity index (χ0v) is 21.0. The van der Waals surface area contributed by atoms with E-state index in [9.17, 15) is 27.6 Å². The van der Waals surface area contributed by atoms with Gasteiger partial charge in [-0.3, -0.25) is 19.3 Å². The maximum Gasteiger partial charge on any atom is 0.416 e. The molecule has 10 nitrogen and oxygen atoms in total. The van der Waals surface area contributed by atoms with Crippen molar-refractivity contribution in [2.24, 2.45) is 0 Å². The molecule has 0 bridgehead atoms. The fraction of sp³-hybridized carbons (Fsp3) is 0.423. The summed E-state index contributed by atoms with van der Waals surface area (Å²) in [7, 11) is 0. The van der Waals surface area contributed by atoms with Crippen LogP contribution in [-0.4, -0.2) is 86.2 Å². The second kappa shape index (κ2) is 11.0. The molecule has 2 saturated heterocycles. The first-order chi connectivity index (χ1) is 18.7. The van der Waals surface area contributed by atoms with Gasteiger partial charge in [-0.1, -0.05) is 6.07 Å². The van der Waals surface area contributed by atoms with E-state index >= 15 is 0 Å². The molecule has 2 fully saturated rings. The number of amides is 3. The summed E-state index contributed by atoms with van der Waals surface area (Å²) in [5.74, 6) is -0.0216. The van der Waals surface area contributed by atoms with Crippen LogP contribution in [0.1, 0.15) is 12.0 Å². The second-order valence-corrected chi connectivity index (χ2v) is 9.53. The predicted octanol–water partition coefficient (Wildman–Crippen LogP) is 1.91. The Balaban J connectivity index is 1.16. The highest BCUT2D eigenvalue weighted by Crippen LogP contribution is 2.34. The number of hydrogen-bond acceptors (Lipinski definition) is 7. The molecule has 0 aromatic heterocycles. The molecule has 1 atom stereocenters. The topological polar surface area (TPSA) is 103 Å². The summed E-state index contributed by atoms with van der Waals surface area (Å²) in [5.41, 5.74) is 0.267. The molecule has 0 aliphatic carbocycles. The highest BCUT2D eigenvalue weighted by Gasteiger charge is 2.36. The number of nitrogens with zero attached hydrogens (tertiary/aromatic N) is 3. The minimum absolute atomic E-state index is 0.0456. The number of halogens is 3.